The highest BCUT2D eigenvalue weighted by Gasteiger charge is 2.41. The number of hydrogen-bond acceptors (Lipinski definition) is 0. The van der Waals surface area contributed by atoms with Gasteiger partial charge in [-0.05, 0) is 183 Å². The van der Waals surface area contributed by atoms with Gasteiger partial charge in [-0.1, -0.05) is 219 Å². The average Bonchev–Trinajstić information content (AvgIpc) is 3.67. The van der Waals surface area contributed by atoms with E-state index >= 15 is 0 Å². The van der Waals surface area contributed by atoms with Crippen molar-refractivity contribution >= 4 is 99.4 Å². The minimum absolute atomic E-state index is 0.312. The number of hydrogen-bond donors (Lipinski definition) is 0. The number of rotatable bonds is 3. The molecule has 0 saturated carbocycles. The lowest BCUT2D eigenvalue weighted by Crippen LogP contribution is -2.50. The van der Waals surface area contributed by atoms with Gasteiger partial charge in [0.15, 0.2) is 0 Å². The summed E-state index contributed by atoms with van der Waals surface area (Å²) >= 11 is 0. The molecular weight excluding hydrogens is 869 g/mol. The van der Waals surface area contributed by atoms with Crippen LogP contribution in [0.25, 0.3) is 114 Å². The molecule has 1 heteroatoms. The molecule has 16 rings (SSSR count). The highest BCUT2D eigenvalue weighted by Crippen LogP contribution is 2.52. The molecule has 0 radical (unpaired) electrons. The summed E-state index contributed by atoms with van der Waals surface area (Å²) in [6, 6.07) is 67.6. The van der Waals surface area contributed by atoms with Gasteiger partial charge in [0.05, 0.1) is 0 Å². The van der Waals surface area contributed by atoms with E-state index in [2.05, 4.69) is 238 Å². The van der Waals surface area contributed by atoms with Crippen LogP contribution < -0.4 is 10.4 Å². The first kappa shape index (κ1) is 39.5. The second kappa shape index (κ2) is 14.4. The Morgan fingerprint density at radius 1 is 0.408 bits per heavy atom. The van der Waals surface area contributed by atoms with Crippen LogP contribution in [0.3, 0.4) is 0 Å². The van der Waals surface area contributed by atoms with E-state index in [1.54, 1.807) is 10.4 Å². The van der Waals surface area contributed by atoms with Crippen LogP contribution in [0.5, 0.6) is 0 Å². The largest absolute Gasteiger partial charge is 0.115 e. The van der Waals surface area contributed by atoms with Gasteiger partial charge >= 0.3 is 0 Å². The van der Waals surface area contributed by atoms with Crippen LogP contribution in [0.1, 0.15) is 12.0 Å². The summed E-state index contributed by atoms with van der Waals surface area (Å²) in [6.45, 7) is 5.16. The van der Waals surface area contributed by atoms with Crippen molar-refractivity contribution in [3.63, 3.8) is 0 Å². The molecular formula is C70H46Si. The van der Waals surface area contributed by atoms with Crippen LogP contribution in [0.2, 0.25) is 13.1 Å². The fourth-order valence-electron chi connectivity index (χ4n) is 14.0. The quantitative estimate of drug-likeness (QED) is 0.0941. The summed E-state index contributed by atoms with van der Waals surface area (Å²) < 4.78 is 0. The van der Waals surface area contributed by atoms with Gasteiger partial charge in [0.25, 0.3) is 0 Å². The van der Waals surface area contributed by atoms with E-state index < -0.39 is 8.07 Å². The third-order valence-electron chi connectivity index (χ3n) is 17.0. The van der Waals surface area contributed by atoms with Crippen LogP contribution in [0.15, 0.2) is 252 Å². The summed E-state index contributed by atoms with van der Waals surface area (Å²) in [5.74, 6) is 0.312. The summed E-state index contributed by atoms with van der Waals surface area (Å²) in [5.41, 5.74) is 17.6. The van der Waals surface area contributed by atoms with Crippen LogP contribution in [0.4, 0.5) is 0 Å². The second-order valence-electron chi connectivity index (χ2n) is 21.0. The first-order valence-electron chi connectivity index (χ1n) is 25.3. The molecule has 0 saturated heterocycles. The van der Waals surface area contributed by atoms with Crippen molar-refractivity contribution < 1.29 is 0 Å². The zero-order chi connectivity index (χ0) is 46.7. The first-order chi connectivity index (χ1) is 35.0. The zero-order valence-electron chi connectivity index (χ0n) is 39.6. The minimum Gasteiger partial charge on any atom is -0.0795 e. The first-order valence-corrected chi connectivity index (χ1v) is 28.3. The Morgan fingerprint density at radius 2 is 0.972 bits per heavy atom. The number of benzene rings is 11. The summed E-state index contributed by atoms with van der Waals surface area (Å²) in [5, 5.41) is 21.6. The highest BCUT2D eigenvalue weighted by molar-refractivity contribution is 7.06. The molecule has 1 unspecified atom stereocenters. The lowest BCUT2D eigenvalue weighted by Gasteiger charge is -2.37. The lowest BCUT2D eigenvalue weighted by atomic mass is 9.66. The standard InChI is InChI=1S/C70H46Si/c1-71(2)69-51-15-4-3-12-41(51)28-35-61(69)62-37-36-60-53-33-31-49(40-63(53)52-16-5-6-17-54(52)68(60)70(62)71)66-57-20-9-7-18-55(57)65(56-19-8-10-21-58(56)66)48-27-25-45-38-47(26-24-46(45)39-48)50-32-29-44-23-22-42-13-11-14-43-30-34-59(50)67(44)64(42)43/h3-13,15-40,67H,14H2,1-2H3. The summed E-state index contributed by atoms with van der Waals surface area (Å²) in [4.78, 5) is 0. The third-order valence-corrected chi connectivity index (χ3v) is 20.6. The zero-order valence-corrected chi connectivity index (χ0v) is 40.6. The Balaban J connectivity index is 0.844. The maximum atomic E-state index is 2.58. The molecule has 1 atom stereocenters. The molecule has 0 N–H and O–H groups in total. The van der Waals surface area contributed by atoms with Crippen molar-refractivity contribution in [3.05, 3.63) is 258 Å². The Morgan fingerprint density at radius 3 is 1.73 bits per heavy atom. The van der Waals surface area contributed by atoms with Crippen molar-refractivity contribution in [2.45, 2.75) is 19.5 Å². The van der Waals surface area contributed by atoms with Gasteiger partial charge in [-0.25, -0.2) is 0 Å². The monoisotopic (exact) mass is 914 g/mol. The number of fused-ring (bicyclic) bond motifs is 15. The van der Waals surface area contributed by atoms with Gasteiger partial charge in [0.1, 0.15) is 8.07 Å². The van der Waals surface area contributed by atoms with Crippen molar-refractivity contribution in [1.82, 2.24) is 0 Å². The molecule has 5 aliphatic rings. The van der Waals surface area contributed by atoms with E-state index in [0.717, 1.165) is 6.42 Å². The Hall–Kier alpha value is -8.36. The van der Waals surface area contributed by atoms with Crippen LogP contribution in [-0.2, 0) is 0 Å². The predicted octanol–water partition coefficient (Wildman–Crippen LogP) is 17.5. The molecule has 0 fully saturated rings. The van der Waals surface area contributed by atoms with Crippen molar-refractivity contribution in [2.24, 2.45) is 5.92 Å². The van der Waals surface area contributed by atoms with Crippen molar-refractivity contribution in [2.75, 3.05) is 0 Å². The SMILES string of the molecule is C[Si]1(C)c2c(ccc3ccccc23)-c2ccc3c4ccc(-c5c6ccccc6c(-c6ccc7cc(C8=CC=C9C=CC%10=C%11C(=CC=C8C9%11)CC=C%10)ccc7c6)c6ccccc56)cc4c4ccccc4c3c21. The topological polar surface area (TPSA) is 0 Å². The highest BCUT2D eigenvalue weighted by atomic mass is 28.3. The van der Waals surface area contributed by atoms with Crippen LogP contribution >= 0.6 is 0 Å². The molecule has 4 aliphatic carbocycles. The van der Waals surface area contributed by atoms with Gasteiger partial charge < -0.3 is 0 Å². The van der Waals surface area contributed by atoms with Crippen LogP contribution in [-0.4, -0.2) is 8.07 Å². The fraction of sp³-hybridized carbons (Fsp3) is 0.0571. The second-order valence-corrected chi connectivity index (χ2v) is 25.2. The lowest BCUT2D eigenvalue weighted by molar-refractivity contribution is 0.837. The van der Waals surface area contributed by atoms with Gasteiger partial charge in [-0.2, -0.15) is 0 Å². The molecule has 71 heavy (non-hydrogen) atoms. The van der Waals surface area contributed by atoms with E-state index in [0.29, 0.717) is 5.92 Å². The Bertz CT molecular complexity index is 4480. The van der Waals surface area contributed by atoms with Gasteiger partial charge in [0.2, 0.25) is 0 Å². The van der Waals surface area contributed by atoms with Gasteiger partial charge in [-0.3, -0.25) is 0 Å². The van der Waals surface area contributed by atoms with E-state index in [9.17, 15) is 0 Å². The predicted molar refractivity (Wildman–Crippen MR) is 308 cm³/mol. The van der Waals surface area contributed by atoms with Crippen molar-refractivity contribution in [1.29, 1.82) is 0 Å². The maximum Gasteiger partial charge on any atom is 0.115 e. The average molecular weight is 915 g/mol. The maximum absolute atomic E-state index is 2.58. The molecule has 11 aromatic carbocycles. The van der Waals surface area contributed by atoms with Gasteiger partial charge in [-0.15, -0.1) is 0 Å². The molecule has 0 nitrogen and oxygen atoms in total. The molecule has 330 valence electrons. The summed E-state index contributed by atoms with van der Waals surface area (Å²) in [7, 11) is -2.12. The summed E-state index contributed by atoms with van der Waals surface area (Å²) in [6.07, 6.45) is 19.7. The molecule has 0 aromatic heterocycles. The van der Waals surface area contributed by atoms with Crippen LogP contribution in [0, 0.1) is 5.92 Å². The van der Waals surface area contributed by atoms with E-state index in [1.807, 2.05) is 0 Å². The minimum atomic E-state index is -2.12. The van der Waals surface area contributed by atoms with E-state index in [1.165, 1.54) is 148 Å². The fourth-order valence-corrected chi connectivity index (χ4v) is 17.9. The number of allylic oxidation sites excluding steroid dienone is 14. The van der Waals surface area contributed by atoms with Gasteiger partial charge in [0, 0.05) is 5.92 Å². The smallest absolute Gasteiger partial charge is 0.0795 e. The Kier molecular flexibility index (Phi) is 7.98. The third kappa shape index (κ3) is 5.39. The molecule has 11 aromatic rings. The van der Waals surface area contributed by atoms with E-state index in [-0.39, 0.29) is 0 Å². The molecule has 1 aliphatic heterocycles. The van der Waals surface area contributed by atoms with Crippen molar-refractivity contribution in [3.8, 4) is 33.4 Å². The molecule has 0 spiro atoms. The van der Waals surface area contributed by atoms with E-state index in [4.69, 9.17) is 0 Å². The molecule has 0 amide bonds. The molecule has 0 bridgehead atoms. The Labute approximate surface area is 413 Å². The molecule has 1 heterocycles. The normalized spacial score (nSPS) is 17.2.